The SMILES string of the molecule is Fc1cc(F)c(F)c(OCCOc2nccnc2N2CCNCC2)c1. The predicted octanol–water partition coefficient (Wildman–Crippen LogP) is 1.76. The summed E-state index contributed by atoms with van der Waals surface area (Å²) in [5.74, 6) is -2.99. The molecular weight excluding hydrogens is 337 g/mol. The Morgan fingerprint density at radius 1 is 1.00 bits per heavy atom. The Morgan fingerprint density at radius 2 is 1.72 bits per heavy atom. The monoisotopic (exact) mass is 354 g/mol. The van der Waals surface area contributed by atoms with Crippen LogP contribution in [0.2, 0.25) is 0 Å². The number of hydrogen-bond donors (Lipinski definition) is 1. The van der Waals surface area contributed by atoms with E-state index in [9.17, 15) is 13.2 Å². The van der Waals surface area contributed by atoms with Gasteiger partial charge in [0.25, 0.3) is 5.88 Å². The third-order valence-electron chi connectivity index (χ3n) is 3.60. The first kappa shape index (κ1) is 17.3. The molecule has 0 bridgehead atoms. The average Bonchev–Trinajstić information content (AvgIpc) is 2.63. The second-order valence-corrected chi connectivity index (χ2v) is 5.32. The van der Waals surface area contributed by atoms with Crippen molar-refractivity contribution in [3.05, 3.63) is 42.0 Å². The molecule has 1 aromatic carbocycles. The van der Waals surface area contributed by atoms with Gasteiger partial charge in [-0.3, -0.25) is 0 Å². The van der Waals surface area contributed by atoms with Crippen LogP contribution in [0.5, 0.6) is 11.6 Å². The minimum Gasteiger partial charge on any atom is -0.487 e. The Hall–Kier alpha value is -2.55. The van der Waals surface area contributed by atoms with Gasteiger partial charge in [0.15, 0.2) is 17.4 Å². The van der Waals surface area contributed by atoms with Gasteiger partial charge in [-0.05, 0) is 0 Å². The van der Waals surface area contributed by atoms with Gasteiger partial charge in [-0.1, -0.05) is 0 Å². The molecule has 25 heavy (non-hydrogen) atoms. The van der Waals surface area contributed by atoms with Gasteiger partial charge in [0.2, 0.25) is 5.82 Å². The summed E-state index contributed by atoms with van der Waals surface area (Å²) >= 11 is 0. The quantitative estimate of drug-likeness (QED) is 0.630. The maximum Gasteiger partial charge on any atom is 0.257 e. The number of ether oxygens (including phenoxy) is 2. The van der Waals surface area contributed by atoms with Gasteiger partial charge in [-0.25, -0.2) is 18.7 Å². The molecular formula is C16H17F3N4O2. The van der Waals surface area contributed by atoms with Crippen LogP contribution in [0.15, 0.2) is 24.5 Å². The lowest BCUT2D eigenvalue weighted by atomic mass is 10.3. The van der Waals surface area contributed by atoms with Crippen LogP contribution < -0.4 is 19.7 Å². The zero-order chi connectivity index (χ0) is 17.6. The van der Waals surface area contributed by atoms with Crippen LogP contribution in [0.25, 0.3) is 0 Å². The second kappa shape index (κ2) is 8.02. The van der Waals surface area contributed by atoms with Gasteiger partial charge in [-0.2, -0.15) is 4.39 Å². The van der Waals surface area contributed by atoms with E-state index in [0.717, 1.165) is 32.2 Å². The van der Waals surface area contributed by atoms with E-state index < -0.39 is 23.2 Å². The molecule has 1 fully saturated rings. The van der Waals surface area contributed by atoms with E-state index in [-0.39, 0.29) is 13.2 Å². The lowest BCUT2D eigenvalue weighted by Crippen LogP contribution is -2.44. The number of nitrogens with one attached hydrogen (secondary N) is 1. The van der Waals surface area contributed by atoms with Crippen molar-refractivity contribution in [1.29, 1.82) is 0 Å². The number of anilines is 1. The number of hydrogen-bond acceptors (Lipinski definition) is 6. The Morgan fingerprint density at radius 3 is 2.52 bits per heavy atom. The topological polar surface area (TPSA) is 59.5 Å². The molecule has 1 aromatic heterocycles. The molecule has 0 atom stereocenters. The van der Waals surface area contributed by atoms with Crippen LogP contribution in [-0.4, -0.2) is 49.4 Å². The van der Waals surface area contributed by atoms with Crippen LogP contribution >= 0.6 is 0 Å². The zero-order valence-electron chi connectivity index (χ0n) is 13.3. The lowest BCUT2D eigenvalue weighted by Gasteiger charge is -2.28. The van der Waals surface area contributed by atoms with Gasteiger partial charge in [0.1, 0.15) is 19.0 Å². The molecule has 1 aliphatic rings. The lowest BCUT2D eigenvalue weighted by molar-refractivity contribution is 0.204. The second-order valence-electron chi connectivity index (χ2n) is 5.32. The summed E-state index contributed by atoms with van der Waals surface area (Å²) < 4.78 is 50.3. The van der Waals surface area contributed by atoms with E-state index in [1.807, 2.05) is 4.90 Å². The van der Waals surface area contributed by atoms with Crippen molar-refractivity contribution < 1.29 is 22.6 Å². The number of nitrogens with zero attached hydrogens (tertiary/aromatic N) is 3. The molecule has 1 saturated heterocycles. The van der Waals surface area contributed by atoms with E-state index in [2.05, 4.69) is 15.3 Å². The molecule has 0 saturated carbocycles. The molecule has 6 nitrogen and oxygen atoms in total. The molecule has 2 heterocycles. The van der Waals surface area contributed by atoms with Crippen LogP contribution in [-0.2, 0) is 0 Å². The fourth-order valence-electron chi connectivity index (χ4n) is 2.44. The van der Waals surface area contributed by atoms with Gasteiger partial charge < -0.3 is 19.7 Å². The highest BCUT2D eigenvalue weighted by Crippen LogP contribution is 2.23. The van der Waals surface area contributed by atoms with E-state index in [1.165, 1.54) is 6.20 Å². The predicted molar refractivity (Wildman–Crippen MR) is 84.4 cm³/mol. The Kier molecular flexibility index (Phi) is 5.54. The maximum absolute atomic E-state index is 13.5. The summed E-state index contributed by atoms with van der Waals surface area (Å²) in [6.07, 6.45) is 3.08. The van der Waals surface area contributed by atoms with Gasteiger partial charge in [-0.15, -0.1) is 0 Å². The first-order chi connectivity index (χ1) is 12.1. The van der Waals surface area contributed by atoms with Gasteiger partial charge in [0, 0.05) is 50.7 Å². The average molecular weight is 354 g/mol. The third-order valence-corrected chi connectivity index (χ3v) is 3.60. The summed E-state index contributed by atoms with van der Waals surface area (Å²) in [5.41, 5.74) is 0. The van der Waals surface area contributed by atoms with Crippen LogP contribution in [0.3, 0.4) is 0 Å². The standard InChI is InChI=1S/C16H17F3N4O2/c17-11-9-12(18)14(19)13(10-11)24-7-8-25-16-15(21-1-2-22-16)23-5-3-20-4-6-23/h1-2,9-10,20H,3-8H2. The van der Waals surface area contributed by atoms with Crippen LogP contribution in [0.1, 0.15) is 0 Å². The molecule has 9 heteroatoms. The molecule has 2 aromatic rings. The summed E-state index contributed by atoms with van der Waals surface area (Å²) in [4.78, 5) is 10.5. The first-order valence-electron chi connectivity index (χ1n) is 7.82. The van der Waals surface area contributed by atoms with Crippen molar-refractivity contribution in [1.82, 2.24) is 15.3 Å². The maximum atomic E-state index is 13.5. The number of rotatable bonds is 6. The number of benzene rings is 1. The summed E-state index contributed by atoms with van der Waals surface area (Å²) in [6, 6.07) is 1.24. The van der Waals surface area contributed by atoms with Crippen molar-refractivity contribution in [2.45, 2.75) is 0 Å². The van der Waals surface area contributed by atoms with E-state index in [4.69, 9.17) is 9.47 Å². The van der Waals surface area contributed by atoms with E-state index >= 15 is 0 Å². The minimum atomic E-state index is -1.30. The van der Waals surface area contributed by atoms with Crippen LogP contribution in [0.4, 0.5) is 19.0 Å². The van der Waals surface area contributed by atoms with Crippen molar-refractivity contribution in [2.75, 3.05) is 44.3 Å². The first-order valence-corrected chi connectivity index (χ1v) is 7.82. The molecule has 134 valence electrons. The highest BCUT2D eigenvalue weighted by molar-refractivity contribution is 5.48. The molecule has 0 amide bonds. The minimum absolute atomic E-state index is 0.0232. The molecule has 0 aliphatic carbocycles. The molecule has 3 rings (SSSR count). The Labute approximate surface area is 142 Å². The highest BCUT2D eigenvalue weighted by atomic mass is 19.2. The van der Waals surface area contributed by atoms with Crippen molar-refractivity contribution in [3.8, 4) is 11.6 Å². The summed E-state index contributed by atoms with van der Waals surface area (Å²) in [5, 5.41) is 3.24. The Balaban J connectivity index is 1.58. The summed E-state index contributed by atoms with van der Waals surface area (Å²) in [7, 11) is 0. The third kappa shape index (κ3) is 4.30. The summed E-state index contributed by atoms with van der Waals surface area (Å²) in [6.45, 7) is 3.15. The Bertz CT molecular complexity index is 727. The van der Waals surface area contributed by atoms with E-state index in [0.29, 0.717) is 17.8 Å². The van der Waals surface area contributed by atoms with Crippen molar-refractivity contribution in [2.24, 2.45) is 0 Å². The molecule has 0 radical (unpaired) electrons. The molecule has 0 unspecified atom stereocenters. The number of aromatic nitrogens is 2. The van der Waals surface area contributed by atoms with Crippen LogP contribution in [0, 0.1) is 17.5 Å². The zero-order valence-corrected chi connectivity index (χ0v) is 13.3. The number of piperazine rings is 1. The fourth-order valence-corrected chi connectivity index (χ4v) is 2.44. The van der Waals surface area contributed by atoms with Crippen molar-refractivity contribution >= 4 is 5.82 Å². The highest BCUT2D eigenvalue weighted by Gasteiger charge is 2.17. The van der Waals surface area contributed by atoms with Crippen molar-refractivity contribution in [3.63, 3.8) is 0 Å². The van der Waals surface area contributed by atoms with E-state index in [1.54, 1.807) is 6.20 Å². The number of halogens is 3. The molecule has 1 N–H and O–H groups in total. The molecule has 0 spiro atoms. The molecule has 1 aliphatic heterocycles. The van der Waals surface area contributed by atoms with Gasteiger partial charge >= 0.3 is 0 Å². The van der Waals surface area contributed by atoms with Gasteiger partial charge in [0.05, 0.1) is 0 Å². The largest absolute Gasteiger partial charge is 0.487 e. The smallest absolute Gasteiger partial charge is 0.257 e. The fraction of sp³-hybridized carbons (Fsp3) is 0.375. The normalized spacial score (nSPS) is 14.4.